The van der Waals surface area contributed by atoms with Gasteiger partial charge in [0.2, 0.25) is 10.0 Å². The molecule has 1 fully saturated rings. The van der Waals surface area contributed by atoms with Crippen LogP contribution in [0.5, 0.6) is 0 Å². The molecule has 2 atom stereocenters. The predicted octanol–water partition coefficient (Wildman–Crippen LogP) is 1.24. The number of hydrogen-bond acceptors (Lipinski definition) is 4. The Balaban J connectivity index is 2.11. The van der Waals surface area contributed by atoms with Crippen LogP contribution in [-0.2, 0) is 10.0 Å². The zero-order valence-corrected chi connectivity index (χ0v) is 14.0. The van der Waals surface area contributed by atoms with E-state index in [0.717, 1.165) is 31.2 Å². The third kappa shape index (κ3) is 4.71. The van der Waals surface area contributed by atoms with Gasteiger partial charge in [-0.15, -0.1) is 0 Å². The zero-order valence-electron chi connectivity index (χ0n) is 13.1. The van der Waals surface area contributed by atoms with E-state index in [1.165, 1.54) is 0 Å². The van der Waals surface area contributed by atoms with Crippen molar-refractivity contribution < 1.29 is 13.2 Å². The Morgan fingerprint density at radius 3 is 2.73 bits per heavy atom. The number of carbonyl (C=O) groups excluding carboxylic acids is 1. The van der Waals surface area contributed by atoms with Gasteiger partial charge in [-0.2, -0.15) is 0 Å². The van der Waals surface area contributed by atoms with Gasteiger partial charge in [-0.1, -0.05) is 6.07 Å². The second-order valence-corrected chi connectivity index (χ2v) is 7.70. The summed E-state index contributed by atoms with van der Waals surface area (Å²) in [5.74, 6) is -0.171. The Morgan fingerprint density at radius 1 is 1.36 bits per heavy atom. The van der Waals surface area contributed by atoms with Gasteiger partial charge in [-0.3, -0.25) is 9.52 Å². The molecule has 2 rings (SSSR count). The van der Waals surface area contributed by atoms with E-state index in [9.17, 15) is 13.2 Å². The summed E-state index contributed by atoms with van der Waals surface area (Å²) in [6.45, 7) is 4.78. The number of benzene rings is 1. The fourth-order valence-corrected chi connectivity index (χ4v) is 3.22. The van der Waals surface area contributed by atoms with E-state index < -0.39 is 10.0 Å². The molecule has 0 saturated carbocycles. The fraction of sp³-hybridized carbons (Fsp3) is 0.533. The lowest BCUT2D eigenvalue weighted by atomic mass is 10.00. The molecule has 0 bridgehead atoms. The molecule has 0 spiro atoms. The van der Waals surface area contributed by atoms with Crippen molar-refractivity contribution in [2.75, 3.05) is 17.5 Å². The molecule has 1 saturated heterocycles. The number of anilines is 1. The number of hydrogen-bond donors (Lipinski definition) is 3. The van der Waals surface area contributed by atoms with Crippen LogP contribution in [-0.4, -0.2) is 39.2 Å². The van der Waals surface area contributed by atoms with Gasteiger partial charge in [0.15, 0.2) is 0 Å². The van der Waals surface area contributed by atoms with E-state index in [0.29, 0.717) is 17.3 Å². The molecule has 7 heteroatoms. The van der Waals surface area contributed by atoms with Crippen molar-refractivity contribution in [1.82, 2.24) is 10.6 Å². The van der Waals surface area contributed by atoms with E-state index in [1.54, 1.807) is 25.1 Å². The Morgan fingerprint density at radius 2 is 2.09 bits per heavy atom. The van der Waals surface area contributed by atoms with Gasteiger partial charge in [0.05, 0.1) is 11.9 Å². The van der Waals surface area contributed by atoms with E-state index in [2.05, 4.69) is 22.3 Å². The van der Waals surface area contributed by atoms with Crippen LogP contribution < -0.4 is 15.4 Å². The quantitative estimate of drug-likeness (QED) is 0.777. The topological polar surface area (TPSA) is 87.3 Å². The monoisotopic (exact) mass is 325 g/mol. The van der Waals surface area contributed by atoms with Crippen LogP contribution in [0.1, 0.15) is 35.7 Å². The number of amides is 1. The predicted molar refractivity (Wildman–Crippen MR) is 87.6 cm³/mol. The highest BCUT2D eigenvalue weighted by atomic mass is 32.2. The minimum atomic E-state index is -3.37. The standard InChI is InChI=1S/C15H23N3O3S/c1-10-4-5-12(9-14(10)18-22(3,20)21)15(19)17-13-6-7-16-11(2)8-13/h4-5,9,11,13,16,18H,6-8H2,1-3H3,(H,17,19). The molecule has 0 radical (unpaired) electrons. The molecule has 3 N–H and O–H groups in total. The van der Waals surface area contributed by atoms with Crippen LogP contribution in [0.4, 0.5) is 5.69 Å². The summed E-state index contributed by atoms with van der Waals surface area (Å²) in [4.78, 5) is 12.3. The van der Waals surface area contributed by atoms with Crippen LogP contribution >= 0.6 is 0 Å². The number of rotatable bonds is 4. The number of nitrogens with one attached hydrogen (secondary N) is 3. The lowest BCUT2D eigenvalue weighted by Gasteiger charge is -2.28. The molecule has 1 aliphatic heterocycles. The van der Waals surface area contributed by atoms with E-state index >= 15 is 0 Å². The molecule has 1 aliphatic rings. The summed E-state index contributed by atoms with van der Waals surface area (Å²) in [7, 11) is -3.37. The second kappa shape index (κ2) is 6.66. The maximum Gasteiger partial charge on any atom is 0.251 e. The molecule has 122 valence electrons. The lowest BCUT2D eigenvalue weighted by Crippen LogP contribution is -2.46. The minimum absolute atomic E-state index is 0.149. The van der Waals surface area contributed by atoms with E-state index in [-0.39, 0.29) is 11.9 Å². The maximum atomic E-state index is 12.3. The summed E-state index contributed by atoms with van der Waals surface area (Å²) in [5.41, 5.74) is 1.68. The highest BCUT2D eigenvalue weighted by Gasteiger charge is 2.20. The van der Waals surface area contributed by atoms with Crippen LogP contribution in [0.3, 0.4) is 0 Å². The van der Waals surface area contributed by atoms with Gasteiger partial charge in [0.1, 0.15) is 0 Å². The molecule has 22 heavy (non-hydrogen) atoms. The van der Waals surface area contributed by atoms with Crippen molar-refractivity contribution in [3.05, 3.63) is 29.3 Å². The fourth-order valence-electron chi connectivity index (χ4n) is 2.60. The molecule has 1 heterocycles. The summed E-state index contributed by atoms with van der Waals surface area (Å²) < 4.78 is 25.2. The Kier molecular flexibility index (Phi) is 5.08. The van der Waals surface area contributed by atoms with Crippen molar-refractivity contribution in [1.29, 1.82) is 0 Å². The molecule has 1 amide bonds. The van der Waals surface area contributed by atoms with Crippen LogP contribution in [0.2, 0.25) is 0 Å². The first-order valence-electron chi connectivity index (χ1n) is 7.37. The second-order valence-electron chi connectivity index (χ2n) is 5.95. The van der Waals surface area contributed by atoms with Gasteiger partial charge >= 0.3 is 0 Å². The van der Waals surface area contributed by atoms with Crippen LogP contribution in [0.25, 0.3) is 0 Å². The maximum absolute atomic E-state index is 12.3. The van der Waals surface area contributed by atoms with Gasteiger partial charge < -0.3 is 10.6 Å². The van der Waals surface area contributed by atoms with Gasteiger partial charge in [-0.25, -0.2) is 8.42 Å². The highest BCUT2D eigenvalue weighted by molar-refractivity contribution is 7.92. The number of carbonyl (C=O) groups is 1. The van der Waals surface area contributed by atoms with Crippen molar-refractivity contribution in [3.8, 4) is 0 Å². The smallest absolute Gasteiger partial charge is 0.251 e. The Bertz CT molecular complexity index is 658. The average molecular weight is 325 g/mol. The van der Waals surface area contributed by atoms with E-state index in [1.807, 2.05) is 0 Å². The first kappa shape index (κ1) is 16.8. The molecule has 1 aromatic rings. The summed E-state index contributed by atoms with van der Waals surface area (Å²) >= 11 is 0. The lowest BCUT2D eigenvalue weighted by molar-refractivity contribution is 0.0925. The largest absolute Gasteiger partial charge is 0.349 e. The molecule has 0 aliphatic carbocycles. The summed E-state index contributed by atoms with van der Waals surface area (Å²) in [6, 6.07) is 5.57. The number of sulfonamides is 1. The normalized spacial score (nSPS) is 22.1. The third-order valence-electron chi connectivity index (χ3n) is 3.75. The first-order chi connectivity index (χ1) is 10.2. The van der Waals surface area contributed by atoms with Crippen molar-refractivity contribution in [2.24, 2.45) is 0 Å². The molecular weight excluding hydrogens is 302 g/mol. The van der Waals surface area contributed by atoms with E-state index in [4.69, 9.17) is 0 Å². The Hall–Kier alpha value is -1.60. The third-order valence-corrected chi connectivity index (χ3v) is 4.34. The van der Waals surface area contributed by atoms with Gasteiger partial charge in [0.25, 0.3) is 5.91 Å². The molecule has 6 nitrogen and oxygen atoms in total. The van der Waals surface area contributed by atoms with Crippen molar-refractivity contribution in [3.63, 3.8) is 0 Å². The van der Waals surface area contributed by atoms with Gasteiger partial charge in [0, 0.05) is 17.6 Å². The molecule has 1 aromatic carbocycles. The average Bonchev–Trinajstić information content (AvgIpc) is 2.39. The van der Waals surface area contributed by atoms with Crippen LogP contribution in [0.15, 0.2) is 18.2 Å². The Labute approximate surface area is 131 Å². The zero-order chi connectivity index (χ0) is 16.3. The molecular formula is C15H23N3O3S. The summed E-state index contributed by atoms with van der Waals surface area (Å²) in [6.07, 6.45) is 2.89. The SMILES string of the molecule is Cc1ccc(C(=O)NC2CCNC(C)C2)cc1NS(C)(=O)=O. The number of piperidine rings is 1. The number of aryl methyl sites for hydroxylation is 1. The van der Waals surface area contributed by atoms with Crippen LogP contribution in [0, 0.1) is 6.92 Å². The highest BCUT2D eigenvalue weighted by Crippen LogP contribution is 2.18. The van der Waals surface area contributed by atoms with Gasteiger partial charge in [-0.05, 0) is 50.9 Å². The van der Waals surface area contributed by atoms with Crippen molar-refractivity contribution in [2.45, 2.75) is 38.8 Å². The molecule has 0 aromatic heterocycles. The summed E-state index contributed by atoms with van der Waals surface area (Å²) in [5, 5.41) is 6.36. The minimum Gasteiger partial charge on any atom is -0.349 e. The first-order valence-corrected chi connectivity index (χ1v) is 9.26. The molecule has 2 unspecified atom stereocenters. The van der Waals surface area contributed by atoms with Crippen molar-refractivity contribution >= 4 is 21.6 Å².